The molecule has 0 bridgehead atoms. The highest BCUT2D eigenvalue weighted by atomic mass is 35.5. The smallest absolute Gasteiger partial charge is 0.257 e. The molecule has 0 saturated carbocycles. The molecule has 0 atom stereocenters. The lowest BCUT2D eigenvalue weighted by Crippen LogP contribution is -2.34. The molecule has 3 N–H and O–H groups in total. The third-order valence-corrected chi connectivity index (χ3v) is 4.57. The first kappa shape index (κ1) is 20.8. The Hall–Kier alpha value is -2.93. The predicted octanol–water partition coefficient (Wildman–Crippen LogP) is 5.37. The van der Waals surface area contributed by atoms with Gasteiger partial charge in [0.15, 0.2) is 5.11 Å². The summed E-state index contributed by atoms with van der Waals surface area (Å²) in [5.41, 5.74) is 1.93. The minimum Gasteiger partial charge on any atom is -0.332 e. The summed E-state index contributed by atoms with van der Waals surface area (Å²) >= 11 is 17.1. The summed E-state index contributed by atoms with van der Waals surface area (Å²) in [7, 11) is 0. The Morgan fingerprint density at radius 3 is 2.14 bits per heavy atom. The first-order valence-corrected chi connectivity index (χ1v) is 9.62. The van der Waals surface area contributed by atoms with E-state index in [1.165, 1.54) is 6.07 Å². The summed E-state index contributed by atoms with van der Waals surface area (Å²) in [6.07, 6.45) is 0. The van der Waals surface area contributed by atoms with Crippen molar-refractivity contribution in [3.05, 3.63) is 94.0 Å². The largest absolute Gasteiger partial charge is 0.332 e. The Labute approximate surface area is 183 Å². The van der Waals surface area contributed by atoms with Crippen molar-refractivity contribution in [1.29, 1.82) is 0 Å². The van der Waals surface area contributed by atoms with Crippen LogP contribution in [-0.2, 0) is 0 Å². The number of benzene rings is 3. The van der Waals surface area contributed by atoms with Crippen LogP contribution in [0.4, 0.5) is 11.4 Å². The van der Waals surface area contributed by atoms with E-state index in [1.807, 2.05) is 6.07 Å². The van der Waals surface area contributed by atoms with E-state index in [2.05, 4.69) is 16.0 Å². The van der Waals surface area contributed by atoms with E-state index in [9.17, 15) is 9.59 Å². The summed E-state index contributed by atoms with van der Waals surface area (Å²) in [6.45, 7) is 0. The minimum absolute atomic E-state index is 0.142. The van der Waals surface area contributed by atoms with Gasteiger partial charge in [-0.25, -0.2) is 0 Å². The van der Waals surface area contributed by atoms with Crippen LogP contribution in [0.1, 0.15) is 20.7 Å². The molecule has 5 nitrogen and oxygen atoms in total. The molecule has 0 fully saturated rings. The molecular formula is C21H15Cl2N3O2S. The van der Waals surface area contributed by atoms with Gasteiger partial charge < -0.3 is 10.6 Å². The molecule has 0 aliphatic carbocycles. The summed E-state index contributed by atoms with van der Waals surface area (Å²) in [4.78, 5) is 24.6. The zero-order chi connectivity index (χ0) is 20.8. The molecule has 0 saturated heterocycles. The first-order chi connectivity index (χ1) is 13.9. The van der Waals surface area contributed by atoms with Gasteiger partial charge >= 0.3 is 0 Å². The molecule has 0 aliphatic heterocycles. The molecular weight excluding hydrogens is 429 g/mol. The summed E-state index contributed by atoms with van der Waals surface area (Å²) in [6, 6.07) is 20.3. The van der Waals surface area contributed by atoms with Gasteiger partial charge in [-0.1, -0.05) is 47.5 Å². The van der Waals surface area contributed by atoms with Crippen LogP contribution < -0.4 is 16.0 Å². The Morgan fingerprint density at radius 2 is 1.45 bits per heavy atom. The minimum atomic E-state index is -0.372. The average molecular weight is 444 g/mol. The molecule has 29 heavy (non-hydrogen) atoms. The topological polar surface area (TPSA) is 70.2 Å². The Balaban J connectivity index is 1.64. The summed E-state index contributed by atoms with van der Waals surface area (Å²) in [5.74, 6) is -0.686. The second-order valence-electron chi connectivity index (χ2n) is 5.93. The Kier molecular flexibility index (Phi) is 6.82. The molecule has 0 aromatic heterocycles. The van der Waals surface area contributed by atoms with Gasteiger partial charge in [-0.15, -0.1) is 0 Å². The maximum atomic E-state index is 12.4. The molecule has 146 valence electrons. The lowest BCUT2D eigenvalue weighted by molar-refractivity contribution is 0.0976. The summed E-state index contributed by atoms with van der Waals surface area (Å²) < 4.78 is 0. The summed E-state index contributed by atoms with van der Waals surface area (Å²) in [5, 5.41) is 9.14. The van der Waals surface area contributed by atoms with Crippen molar-refractivity contribution in [2.24, 2.45) is 0 Å². The van der Waals surface area contributed by atoms with Gasteiger partial charge in [0, 0.05) is 22.0 Å². The van der Waals surface area contributed by atoms with Crippen molar-refractivity contribution in [3.63, 3.8) is 0 Å². The second-order valence-corrected chi connectivity index (χ2v) is 7.19. The van der Waals surface area contributed by atoms with Crippen LogP contribution in [0.2, 0.25) is 10.0 Å². The van der Waals surface area contributed by atoms with Gasteiger partial charge in [0.25, 0.3) is 11.8 Å². The van der Waals surface area contributed by atoms with Gasteiger partial charge in [0.1, 0.15) is 0 Å². The van der Waals surface area contributed by atoms with Crippen molar-refractivity contribution in [3.8, 4) is 0 Å². The van der Waals surface area contributed by atoms with Gasteiger partial charge in [0.2, 0.25) is 0 Å². The molecule has 3 aromatic rings. The van der Waals surface area contributed by atoms with Crippen LogP contribution in [0, 0.1) is 0 Å². The first-order valence-electron chi connectivity index (χ1n) is 8.46. The van der Waals surface area contributed by atoms with E-state index in [0.29, 0.717) is 27.5 Å². The number of carbonyl (C=O) groups excluding carboxylic acids is 2. The lowest BCUT2D eigenvalue weighted by Gasteiger charge is -2.12. The number of hydrogen-bond donors (Lipinski definition) is 3. The van der Waals surface area contributed by atoms with Crippen molar-refractivity contribution < 1.29 is 9.59 Å². The third kappa shape index (κ3) is 5.77. The molecule has 0 aliphatic rings. The van der Waals surface area contributed by atoms with Gasteiger partial charge in [0.05, 0.1) is 10.6 Å². The van der Waals surface area contributed by atoms with Gasteiger partial charge in [-0.05, 0) is 60.7 Å². The Bertz CT molecular complexity index is 1070. The highest BCUT2D eigenvalue weighted by Gasteiger charge is 2.12. The van der Waals surface area contributed by atoms with Crippen LogP contribution in [-0.4, -0.2) is 16.9 Å². The van der Waals surface area contributed by atoms with Gasteiger partial charge in [-0.2, -0.15) is 0 Å². The zero-order valence-electron chi connectivity index (χ0n) is 14.9. The quantitative estimate of drug-likeness (QED) is 0.473. The maximum absolute atomic E-state index is 12.4. The number of anilines is 2. The highest BCUT2D eigenvalue weighted by Crippen LogP contribution is 2.23. The Morgan fingerprint density at radius 1 is 0.759 bits per heavy atom. The van der Waals surface area contributed by atoms with Crippen LogP contribution >= 0.6 is 35.4 Å². The van der Waals surface area contributed by atoms with E-state index >= 15 is 0 Å². The average Bonchev–Trinajstić information content (AvgIpc) is 2.68. The van der Waals surface area contributed by atoms with E-state index < -0.39 is 0 Å². The third-order valence-electron chi connectivity index (χ3n) is 3.82. The van der Waals surface area contributed by atoms with E-state index in [0.717, 1.165) is 0 Å². The van der Waals surface area contributed by atoms with Crippen LogP contribution in [0.5, 0.6) is 0 Å². The number of rotatable bonds is 4. The SMILES string of the molecule is O=C(NC(=S)Nc1cccc(NC(=O)c2ccc(Cl)cc2Cl)c1)c1ccccc1. The fraction of sp³-hybridized carbons (Fsp3) is 0. The highest BCUT2D eigenvalue weighted by molar-refractivity contribution is 7.80. The van der Waals surface area contributed by atoms with Crippen molar-refractivity contribution in [1.82, 2.24) is 5.32 Å². The van der Waals surface area contributed by atoms with Gasteiger partial charge in [-0.3, -0.25) is 14.9 Å². The number of amides is 2. The van der Waals surface area contributed by atoms with E-state index in [4.69, 9.17) is 35.4 Å². The fourth-order valence-corrected chi connectivity index (χ4v) is 3.18. The van der Waals surface area contributed by atoms with E-state index in [-0.39, 0.29) is 21.9 Å². The number of carbonyl (C=O) groups is 2. The van der Waals surface area contributed by atoms with E-state index in [1.54, 1.807) is 60.7 Å². The number of hydrogen-bond acceptors (Lipinski definition) is 3. The van der Waals surface area contributed by atoms with Crippen LogP contribution in [0.25, 0.3) is 0 Å². The fourth-order valence-electron chi connectivity index (χ4n) is 2.47. The second kappa shape index (κ2) is 9.52. The van der Waals surface area contributed by atoms with Crippen LogP contribution in [0.15, 0.2) is 72.8 Å². The molecule has 8 heteroatoms. The van der Waals surface area contributed by atoms with Crippen LogP contribution in [0.3, 0.4) is 0 Å². The molecule has 0 unspecified atom stereocenters. The van der Waals surface area contributed by atoms with Crippen molar-refractivity contribution in [2.45, 2.75) is 0 Å². The number of halogens is 2. The number of nitrogens with one attached hydrogen (secondary N) is 3. The molecule has 0 radical (unpaired) electrons. The maximum Gasteiger partial charge on any atom is 0.257 e. The molecule has 2 amide bonds. The van der Waals surface area contributed by atoms with Crippen molar-refractivity contribution in [2.75, 3.05) is 10.6 Å². The monoisotopic (exact) mass is 443 g/mol. The zero-order valence-corrected chi connectivity index (χ0v) is 17.2. The van der Waals surface area contributed by atoms with Crippen molar-refractivity contribution >= 4 is 63.7 Å². The number of thiocarbonyl (C=S) groups is 1. The normalized spacial score (nSPS) is 10.1. The molecule has 3 aromatic carbocycles. The molecule has 3 rings (SSSR count). The lowest BCUT2D eigenvalue weighted by atomic mass is 10.2. The standard InChI is InChI=1S/C21H15Cl2N3O2S/c22-14-9-10-17(18(23)11-14)20(28)24-15-7-4-8-16(12-15)25-21(29)26-19(27)13-5-2-1-3-6-13/h1-12H,(H,24,28)(H2,25,26,27,29). The molecule has 0 spiro atoms. The molecule has 0 heterocycles. The predicted molar refractivity (Wildman–Crippen MR) is 121 cm³/mol.